The molecule has 3 heteroatoms. The Hall–Kier alpha value is -0.120. The van der Waals surface area contributed by atoms with Crippen molar-refractivity contribution in [3.63, 3.8) is 0 Å². The molecule has 1 aliphatic heterocycles. The van der Waals surface area contributed by atoms with Crippen LogP contribution in [0, 0.1) is 0 Å². The first kappa shape index (κ1) is 9.96. The lowest BCUT2D eigenvalue weighted by atomic mass is 10.1. The highest BCUT2D eigenvalue weighted by molar-refractivity contribution is 4.84. The van der Waals surface area contributed by atoms with Crippen LogP contribution in [0.15, 0.2) is 0 Å². The molecule has 2 unspecified atom stereocenters. The third-order valence-electron chi connectivity index (χ3n) is 2.85. The lowest BCUT2D eigenvalue weighted by Crippen LogP contribution is -2.44. The van der Waals surface area contributed by atoms with Crippen molar-refractivity contribution < 1.29 is 5.11 Å². The van der Waals surface area contributed by atoms with Crippen LogP contribution in [0.2, 0.25) is 0 Å². The number of aliphatic hydroxyl groups excluding tert-OH is 1. The van der Waals surface area contributed by atoms with Crippen LogP contribution in [0.3, 0.4) is 0 Å². The molecule has 0 aliphatic carbocycles. The molecule has 2 atom stereocenters. The van der Waals surface area contributed by atoms with E-state index in [4.69, 9.17) is 10.8 Å². The molecule has 0 aromatic heterocycles. The van der Waals surface area contributed by atoms with Gasteiger partial charge < -0.3 is 10.8 Å². The van der Waals surface area contributed by atoms with Gasteiger partial charge in [0.15, 0.2) is 0 Å². The van der Waals surface area contributed by atoms with E-state index >= 15 is 0 Å². The molecule has 1 rings (SSSR count). The molecule has 0 radical (unpaired) electrons. The number of nitrogens with zero attached hydrogens (tertiary/aromatic N) is 1. The molecule has 3 N–H and O–H groups in total. The maximum Gasteiger partial charge on any atom is 0.0587 e. The highest BCUT2D eigenvalue weighted by Gasteiger charge is 2.28. The number of hydrogen-bond donors (Lipinski definition) is 2. The van der Waals surface area contributed by atoms with Crippen molar-refractivity contribution in [2.45, 2.75) is 38.3 Å². The minimum Gasteiger partial charge on any atom is -0.395 e. The van der Waals surface area contributed by atoms with Crippen molar-refractivity contribution in [2.24, 2.45) is 5.73 Å². The van der Waals surface area contributed by atoms with Crippen molar-refractivity contribution in [3.05, 3.63) is 0 Å². The summed E-state index contributed by atoms with van der Waals surface area (Å²) in [5.41, 5.74) is 5.66. The van der Waals surface area contributed by atoms with Crippen LogP contribution in [0.1, 0.15) is 26.2 Å². The minimum absolute atomic E-state index is 0.288. The Bertz CT molecular complexity index is 126. The molecule has 0 amide bonds. The highest BCUT2D eigenvalue weighted by Crippen LogP contribution is 2.20. The van der Waals surface area contributed by atoms with E-state index in [9.17, 15) is 0 Å². The fourth-order valence-corrected chi connectivity index (χ4v) is 2.07. The summed E-state index contributed by atoms with van der Waals surface area (Å²) in [6.45, 7) is 4.27. The standard InChI is InChI=1S/C9H20N2O/c1-2-8(6-10)11-5-3-4-9(11)7-12/h8-9,12H,2-7,10H2,1H3. The molecule has 72 valence electrons. The molecule has 0 spiro atoms. The summed E-state index contributed by atoms with van der Waals surface area (Å²) in [6.07, 6.45) is 3.43. The normalized spacial score (nSPS) is 27.8. The van der Waals surface area contributed by atoms with Crippen molar-refractivity contribution >= 4 is 0 Å². The molecule has 3 nitrogen and oxygen atoms in total. The average molecular weight is 172 g/mol. The quantitative estimate of drug-likeness (QED) is 0.636. The van der Waals surface area contributed by atoms with Crippen LogP contribution in [-0.4, -0.2) is 41.8 Å². The molecule has 1 aliphatic rings. The van der Waals surface area contributed by atoms with E-state index in [0.717, 1.165) is 19.4 Å². The van der Waals surface area contributed by atoms with Gasteiger partial charge in [-0.05, 0) is 25.8 Å². The maximum atomic E-state index is 9.09. The van der Waals surface area contributed by atoms with Gasteiger partial charge in [-0.2, -0.15) is 0 Å². The van der Waals surface area contributed by atoms with Gasteiger partial charge in [0, 0.05) is 18.6 Å². The summed E-state index contributed by atoms with van der Waals surface area (Å²) in [5, 5.41) is 9.09. The molecule has 12 heavy (non-hydrogen) atoms. The molecular formula is C9H20N2O. The van der Waals surface area contributed by atoms with E-state index in [0.29, 0.717) is 18.6 Å². The molecular weight excluding hydrogens is 152 g/mol. The summed E-state index contributed by atoms with van der Waals surface area (Å²) in [6, 6.07) is 0.850. The monoisotopic (exact) mass is 172 g/mol. The molecule has 0 bridgehead atoms. The molecule has 1 saturated heterocycles. The number of rotatable bonds is 4. The van der Waals surface area contributed by atoms with E-state index in [1.165, 1.54) is 6.42 Å². The van der Waals surface area contributed by atoms with Gasteiger partial charge in [0.25, 0.3) is 0 Å². The Balaban J connectivity index is 2.47. The molecule has 0 aromatic carbocycles. The lowest BCUT2D eigenvalue weighted by Gasteiger charge is -2.30. The highest BCUT2D eigenvalue weighted by atomic mass is 16.3. The number of nitrogens with two attached hydrogens (primary N) is 1. The lowest BCUT2D eigenvalue weighted by molar-refractivity contribution is 0.119. The van der Waals surface area contributed by atoms with E-state index in [1.54, 1.807) is 0 Å². The second-order valence-electron chi connectivity index (χ2n) is 3.51. The van der Waals surface area contributed by atoms with Gasteiger partial charge in [0.05, 0.1) is 6.61 Å². The summed E-state index contributed by atoms with van der Waals surface area (Å²) in [7, 11) is 0. The minimum atomic E-state index is 0.288. The van der Waals surface area contributed by atoms with Crippen LogP contribution in [-0.2, 0) is 0 Å². The topological polar surface area (TPSA) is 49.5 Å². The van der Waals surface area contributed by atoms with Gasteiger partial charge >= 0.3 is 0 Å². The second-order valence-corrected chi connectivity index (χ2v) is 3.51. The first-order valence-corrected chi connectivity index (χ1v) is 4.90. The second kappa shape index (κ2) is 4.80. The molecule has 1 heterocycles. The predicted molar refractivity (Wildman–Crippen MR) is 49.9 cm³/mol. The number of hydrogen-bond acceptors (Lipinski definition) is 3. The summed E-state index contributed by atoms with van der Waals surface area (Å²) < 4.78 is 0. The van der Waals surface area contributed by atoms with Crippen LogP contribution in [0.4, 0.5) is 0 Å². The fraction of sp³-hybridized carbons (Fsp3) is 1.00. The van der Waals surface area contributed by atoms with Gasteiger partial charge in [-0.25, -0.2) is 0 Å². The maximum absolute atomic E-state index is 9.09. The van der Waals surface area contributed by atoms with Crippen molar-refractivity contribution in [3.8, 4) is 0 Å². The van der Waals surface area contributed by atoms with Crippen LogP contribution >= 0.6 is 0 Å². The van der Waals surface area contributed by atoms with Crippen LogP contribution < -0.4 is 5.73 Å². The molecule has 1 fully saturated rings. The summed E-state index contributed by atoms with van der Waals surface area (Å²) in [4.78, 5) is 2.36. The Labute approximate surface area is 74.5 Å². The van der Waals surface area contributed by atoms with Gasteiger partial charge in [0.2, 0.25) is 0 Å². The zero-order valence-electron chi connectivity index (χ0n) is 7.87. The SMILES string of the molecule is CCC(CN)N1CCCC1CO. The number of aliphatic hydroxyl groups is 1. The molecule has 0 saturated carbocycles. The van der Waals surface area contributed by atoms with Gasteiger partial charge in [-0.1, -0.05) is 6.92 Å². The largest absolute Gasteiger partial charge is 0.395 e. The predicted octanol–water partition coefficient (Wildman–Crippen LogP) is 0.180. The van der Waals surface area contributed by atoms with Crippen LogP contribution in [0.5, 0.6) is 0 Å². The van der Waals surface area contributed by atoms with Crippen molar-refractivity contribution in [2.75, 3.05) is 19.7 Å². The zero-order valence-corrected chi connectivity index (χ0v) is 7.87. The first-order chi connectivity index (χ1) is 5.83. The third kappa shape index (κ3) is 1.97. The van der Waals surface area contributed by atoms with Crippen LogP contribution in [0.25, 0.3) is 0 Å². The Morgan fingerprint density at radius 2 is 2.42 bits per heavy atom. The van der Waals surface area contributed by atoms with E-state index in [-0.39, 0.29) is 6.61 Å². The summed E-state index contributed by atoms with van der Waals surface area (Å²) in [5.74, 6) is 0. The third-order valence-corrected chi connectivity index (χ3v) is 2.85. The average Bonchev–Trinajstić information content (AvgIpc) is 2.55. The fourth-order valence-electron chi connectivity index (χ4n) is 2.07. The Morgan fingerprint density at radius 1 is 1.67 bits per heavy atom. The van der Waals surface area contributed by atoms with Crippen molar-refractivity contribution in [1.29, 1.82) is 0 Å². The van der Waals surface area contributed by atoms with E-state index in [1.807, 2.05) is 0 Å². The van der Waals surface area contributed by atoms with Crippen molar-refractivity contribution in [1.82, 2.24) is 4.90 Å². The molecule has 0 aromatic rings. The smallest absolute Gasteiger partial charge is 0.0587 e. The zero-order chi connectivity index (χ0) is 8.97. The van der Waals surface area contributed by atoms with E-state index in [2.05, 4.69) is 11.8 Å². The van der Waals surface area contributed by atoms with Gasteiger partial charge in [-0.15, -0.1) is 0 Å². The van der Waals surface area contributed by atoms with Gasteiger partial charge in [-0.3, -0.25) is 4.90 Å². The first-order valence-electron chi connectivity index (χ1n) is 4.90. The number of likely N-dealkylation sites (tertiary alicyclic amines) is 1. The Morgan fingerprint density at radius 3 is 2.92 bits per heavy atom. The van der Waals surface area contributed by atoms with E-state index < -0.39 is 0 Å². The summed E-state index contributed by atoms with van der Waals surface area (Å²) >= 11 is 0. The Kier molecular flexibility index (Phi) is 3.98. The van der Waals surface area contributed by atoms with Gasteiger partial charge in [0.1, 0.15) is 0 Å².